The Kier molecular flexibility index (Phi) is 6.91. The van der Waals surface area contributed by atoms with Gasteiger partial charge in [-0.15, -0.1) is 0 Å². The first-order chi connectivity index (χ1) is 12.4. The highest BCUT2D eigenvalue weighted by Gasteiger charge is 2.19. The molecule has 2 aromatic carbocycles. The monoisotopic (exact) mass is 375 g/mol. The van der Waals surface area contributed by atoms with Crippen molar-refractivity contribution in [2.75, 3.05) is 18.2 Å². The molecule has 0 bridgehead atoms. The Morgan fingerprint density at radius 1 is 1.08 bits per heavy atom. The predicted octanol–water partition coefficient (Wildman–Crippen LogP) is 3.01. The van der Waals surface area contributed by atoms with E-state index in [1.54, 1.807) is 42.7 Å². The Balaban J connectivity index is 1.93. The maximum atomic E-state index is 12.2. The third-order valence-corrected chi connectivity index (χ3v) is 4.44. The number of anilines is 1. The van der Waals surface area contributed by atoms with Crippen molar-refractivity contribution in [3.05, 3.63) is 54.1 Å². The normalized spacial score (nSPS) is 12.7. The molecule has 2 unspecified atom stereocenters. The van der Waals surface area contributed by atoms with Gasteiger partial charge in [0.05, 0.1) is 12.2 Å². The van der Waals surface area contributed by atoms with Gasteiger partial charge in [0.15, 0.2) is 6.10 Å². The average molecular weight is 375 g/mol. The van der Waals surface area contributed by atoms with E-state index in [0.717, 1.165) is 0 Å². The van der Waals surface area contributed by atoms with Crippen LogP contribution in [0, 0.1) is 0 Å². The van der Waals surface area contributed by atoms with E-state index in [4.69, 9.17) is 9.47 Å². The Morgan fingerprint density at radius 3 is 2.23 bits per heavy atom. The Morgan fingerprint density at radius 2 is 1.69 bits per heavy atom. The SMILES string of the molecule is CCOc1ccc(NC(=O)C(C)OC(=O)c2ccc(S(C)=O)cc2)cc1. The molecule has 0 aliphatic heterocycles. The highest BCUT2D eigenvalue weighted by Crippen LogP contribution is 2.16. The van der Waals surface area contributed by atoms with Crippen LogP contribution >= 0.6 is 0 Å². The number of benzene rings is 2. The van der Waals surface area contributed by atoms with Crippen LogP contribution in [0.5, 0.6) is 5.75 Å². The molecule has 2 atom stereocenters. The third kappa shape index (κ3) is 5.42. The summed E-state index contributed by atoms with van der Waals surface area (Å²) in [6, 6.07) is 13.1. The molecule has 0 aromatic heterocycles. The van der Waals surface area contributed by atoms with Crippen molar-refractivity contribution in [3.8, 4) is 5.75 Å². The van der Waals surface area contributed by atoms with Crippen LogP contribution in [0.2, 0.25) is 0 Å². The standard InChI is InChI=1S/C19H21NO5S/c1-4-24-16-9-7-15(8-10-16)20-18(21)13(2)25-19(22)14-5-11-17(12-6-14)26(3)23/h5-13H,4H2,1-3H3,(H,20,21). The fourth-order valence-corrected chi connectivity index (χ4v) is 2.63. The lowest BCUT2D eigenvalue weighted by molar-refractivity contribution is -0.123. The second kappa shape index (κ2) is 9.15. The highest BCUT2D eigenvalue weighted by molar-refractivity contribution is 7.84. The smallest absolute Gasteiger partial charge is 0.338 e. The van der Waals surface area contributed by atoms with Crippen LogP contribution in [-0.2, 0) is 20.3 Å². The lowest BCUT2D eigenvalue weighted by Crippen LogP contribution is -2.30. The summed E-state index contributed by atoms with van der Waals surface area (Å²) in [6.45, 7) is 3.95. The molecule has 138 valence electrons. The molecule has 0 aliphatic rings. The Bertz CT molecular complexity index is 787. The zero-order valence-electron chi connectivity index (χ0n) is 14.9. The molecule has 6 nitrogen and oxygen atoms in total. The number of amides is 1. The molecule has 0 spiro atoms. The van der Waals surface area contributed by atoms with Crippen molar-refractivity contribution in [3.63, 3.8) is 0 Å². The van der Waals surface area contributed by atoms with Crippen molar-refractivity contribution in [1.29, 1.82) is 0 Å². The van der Waals surface area contributed by atoms with E-state index < -0.39 is 28.8 Å². The van der Waals surface area contributed by atoms with Crippen molar-refractivity contribution in [1.82, 2.24) is 0 Å². The summed E-state index contributed by atoms with van der Waals surface area (Å²) < 4.78 is 21.9. The molecule has 1 N–H and O–H groups in total. The number of rotatable bonds is 7. The molecule has 1 amide bonds. The summed E-state index contributed by atoms with van der Waals surface area (Å²) in [5, 5.41) is 2.68. The van der Waals surface area contributed by atoms with E-state index in [-0.39, 0.29) is 0 Å². The summed E-state index contributed by atoms with van der Waals surface area (Å²) in [5.74, 6) is -0.344. The van der Waals surface area contributed by atoms with Crippen molar-refractivity contribution in [2.45, 2.75) is 24.8 Å². The first kappa shape index (κ1) is 19.7. The molecule has 0 saturated carbocycles. The minimum Gasteiger partial charge on any atom is -0.494 e. The highest BCUT2D eigenvalue weighted by atomic mass is 32.2. The van der Waals surface area contributed by atoms with Gasteiger partial charge in [0, 0.05) is 27.6 Å². The first-order valence-corrected chi connectivity index (χ1v) is 9.64. The summed E-state index contributed by atoms with van der Waals surface area (Å²) in [7, 11) is -1.12. The molecular formula is C19H21NO5S. The molecule has 26 heavy (non-hydrogen) atoms. The molecule has 2 rings (SSSR count). The van der Waals surface area contributed by atoms with Gasteiger partial charge in [-0.05, 0) is 62.4 Å². The third-order valence-electron chi connectivity index (χ3n) is 3.51. The fourth-order valence-electron chi connectivity index (χ4n) is 2.11. The number of hydrogen-bond donors (Lipinski definition) is 1. The van der Waals surface area contributed by atoms with Crippen LogP contribution in [0.25, 0.3) is 0 Å². The molecular weight excluding hydrogens is 354 g/mol. The predicted molar refractivity (Wildman–Crippen MR) is 99.9 cm³/mol. The number of nitrogens with one attached hydrogen (secondary N) is 1. The van der Waals surface area contributed by atoms with E-state index in [2.05, 4.69) is 5.32 Å². The quantitative estimate of drug-likeness (QED) is 0.753. The molecule has 7 heteroatoms. The second-order valence-corrected chi connectivity index (χ2v) is 6.85. The van der Waals surface area contributed by atoms with Gasteiger partial charge >= 0.3 is 5.97 Å². The van der Waals surface area contributed by atoms with Gasteiger partial charge < -0.3 is 14.8 Å². The van der Waals surface area contributed by atoms with Crippen LogP contribution in [0.15, 0.2) is 53.4 Å². The van der Waals surface area contributed by atoms with Crippen LogP contribution in [0.3, 0.4) is 0 Å². The maximum Gasteiger partial charge on any atom is 0.338 e. The molecule has 0 aliphatic carbocycles. The van der Waals surface area contributed by atoms with Crippen LogP contribution in [0.1, 0.15) is 24.2 Å². The molecule has 0 saturated heterocycles. The molecule has 0 fully saturated rings. The molecule has 0 radical (unpaired) electrons. The minimum absolute atomic E-state index is 0.292. The van der Waals surface area contributed by atoms with Gasteiger partial charge in [0.2, 0.25) is 0 Å². The summed E-state index contributed by atoms with van der Waals surface area (Å²) >= 11 is 0. The lowest BCUT2D eigenvalue weighted by atomic mass is 10.2. The lowest BCUT2D eigenvalue weighted by Gasteiger charge is -2.14. The van der Waals surface area contributed by atoms with Gasteiger partial charge in [0.25, 0.3) is 5.91 Å². The van der Waals surface area contributed by atoms with Gasteiger partial charge in [-0.25, -0.2) is 4.79 Å². The van der Waals surface area contributed by atoms with E-state index in [0.29, 0.717) is 28.5 Å². The molecule has 2 aromatic rings. The van der Waals surface area contributed by atoms with Gasteiger partial charge in [-0.2, -0.15) is 0 Å². The average Bonchev–Trinajstić information content (AvgIpc) is 2.63. The largest absolute Gasteiger partial charge is 0.494 e. The zero-order chi connectivity index (χ0) is 19.1. The second-order valence-electron chi connectivity index (χ2n) is 5.47. The minimum atomic E-state index is -1.12. The van der Waals surface area contributed by atoms with E-state index >= 15 is 0 Å². The summed E-state index contributed by atoms with van der Waals surface area (Å²) in [4.78, 5) is 24.9. The van der Waals surface area contributed by atoms with Crippen LogP contribution in [0.4, 0.5) is 5.69 Å². The van der Waals surface area contributed by atoms with Crippen LogP contribution in [-0.4, -0.2) is 35.1 Å². The van der Waals surface area contributed by atoms with E-state index in [1.165, 1.54) is 19.1 Å². The van der Waals surface area contributed by atoms with Crippen molar-refractivity contribution >= 4 is 28.4 Å². The zero-order valence-corrected chi connectivity index (χ0v) is 15.7. The van der Waals surface area contributed by atoms with Crippen molar-refractivity contribution < 1.29 is 23.3 Å². The van der Waals surface area contributed by atoms with Crippen molar-refractivity contribution in [2.24, 2.45) is 0 Å². The number of carbonyl (C=O) groups is 2. The number of esters is 1. The van der Waals surface area contributed by atoms with Crippen LogP contribution < -0.4 is 10.1 Å². The molecule has 0 heterocycles. The number of carbonyl (C=O) groups excluding carboxylic acids is 2. The number of ether oxygens (including phenoxy) is 2. The van der Waals surface area contributed by atoms with Gasteiger partial charge in [0.1, 0.15) is 5.75 Å². The maximum absolute atomic E-state index is 12.2. The number of hydrogen-bond acceptors (Lipinski definition) is 5. The van der Waals surface area contributed by atoms with E-state index in [1.807, 2.05) is 6.92 Å². The fraction of sp³-hybridized carbons (Fsp3) is 0.263. The Hall–Kier alpha value is -2.67. The topological polar surface area (TPSA) is 81.7 Å². The first-order valence-electron chi connectivity index (χ1n) is 8.09. The van der Waals surface area contributed by atoms with Gasteiger partial charge in [-0.1, -0.05) is 0 Å². The summed E-state index contributed by atoms with van der Waals surface area (Å²) in [6.07, 6.45) is 0.592. The van der Waals surface area contributed by atoms with E-state index in [9.17, 15) is 13.8 Å². The summed E-state index contributed by atoms with van der Waals surface area (Å²) in [5.41, 5.74) is 0.871. The Labute approximate surface area is 155 Å². The van der Waals surface area contributed by atoms with Gasteiger partial charge in [-0.3, -0.25) is 9.00 Å².